The summed E-state index contributed by atoms with van der Waals surface area (Å²) in [5.74, 6) is 1.43. The van der Waals surface area contributed by atoms with Crippen molar-refractivity contribution >= 4 is 28.8 Å². The van der Waals surface area contributed by atoms with E-state index in [1.807, 2.05) is 30.5 Å². The second kappa shape index (κ2) is 10.3. The molecule has 1 fully saturated rings. The maximum atomic E-state index is 9.10. The van der Waals surface area contributed by atoms with Crippen LogP contribution in [0.5, 0.6) is 0 Å². The van der Waals surface area contributed by atoms with E-state index in [9.17, 15) is 0 Å². The molecule has 8 heteroatoms. The number of aliphatic imine (C=N–C) groups is 2. The van der Waals surface area contributed by atoms with Crippen molar-refractivity contribution in [2.75, 3.05) is 32.9 Å². The number of nitrogens with zero attached hydrogens (tertiary/aromatic N) is 4. The van der Waals surface area contributed by atoms with Gasteiger partial charge >= 0.3 is 0 Å². The van der Waals surface area contributed by atoms with E-state index in [0.29, 0.717) is 5.84 Å². The van der Waals surface area contributed by atoms with Crippen LogP contribution in [0.25, 0.3) is 10.9 Å². The zero-order chi connectivity index (χ0) is 20.6. The third-order valence-corrected chi connectivity index (χ3v) is 5.19. The lowest BCUT2D eigenvalue weighted by atomic mass is 10.2. The summed E-state index contributed by atoms with van der Waals surface area (Å²) >= 11 is 0. The van der Waals surface area contributed by atoms with E-state index in [1.165, 1.54) is 0 Å². The monoisotopic (exact) mass is 408 g/mol. The highest BCUT2D eigenvalue weighted by molar-refractivity contribution is 6.04. The molecule has 2 aliphatic heterocycles. The van der Waals surface area contributed by atoms with Crippen LogP contribution >= 0.6 is 0 Å². The SMILES string of the molecule is OCCCCC1=NC(N2CCOCC2)C=CC(N/N=C/c2c[nH]c3ccccc23)=N1. The van der Waals surface area contributed by atoms with Gasteiger partial charge in [0.2, 0.25) is 0 Å². The number of benzene rings is 1. The molecule has 0 bridgehead atoms. The number of hydrazone groups is 1. The molecule has 1 aromatic carbocycles. The van der Waals surface area contributed by atoms with Crippen LogP contribution < -0.4 is 5.43 Å². The molecule has 158 valence electrons. The van der Waals surface area contributed by atoms with Gasteiger partial charge in [-0.2, -0.15) is 5.10 Å². The van der Waals surface area contributed by atoms with Crippen molar-refractivity contribution in [2.45, 2.75) is 25.4 Å². The Balaban J connectivity index is 1.47. The molecule has 1 unspecified atom stereocenters. The molecule has 3 heterocycles. The molecule has 2 aromatic rings. The first kappa shape index (κ1) is 20.5. The number of amidine groups is 2. The van der Waals surface area contributed by atoms with Crippen LogP contribution in [-0.4, -0.2) is 72.0 Å². The largest absolute Gasteiger partial charge is 0.396 e. The van der Waals surface area contributed by atoms with Crippen LogP contribution in [0, 0.1) is 0 Å². The molecule has 2 aliphatic rings. The Morgan fingerprint density at radius 2 is 2.13 bits per heavy atom. The zero-order valence-electron chi connectivity index (χ0n) is 17.0. The van der Waals surface area contributed by atoms with Crippen molar-refractivity contribution in [1.29, 1.82) is 0 Å². The van der Waals surface area contributed by atoms with Crippen molar-refractivity contribution < 1.29 is 9.84 Å². The Morgan fingerprint density at radius 1 is 1.27 bits per heavy atom. The van der Waals surface area contributed by atoms with E-state index >= 15 is 0 Å². The molecule has 0 spiro atoms. The normalized spacial score (nSPS) is 20.4. The number of aliphatic hydroxyl groups excluding tert-OH is 1. The molecule has 1 aromatic heterocycles. The standard InChI is InChI=1S/C22H28N6O2/c29-12-4-3-7-20-25-21(8-9-22(26-20)28-10-13-30-14-11-28)27-24-16-17-15-23-19-6-2-1-5-18(17)19/h1-2,5-6,8-9,15-16,22-23,29H,3-4,7,10-14H2,(H,25,26,27)/b24-16+. The van der Waals surface area contributed by atoms with Gasteiger partial charge < -0.3 is 14.8 Å². The van der Waals surface area contributed by atoms with Crippen LogP contribution in [0.3, 0.4) is 0 Å². The second-order valence-corrected chi connectivity index (χ2v) is 7.30. The minimum absolute atomic E-state index is 0.0568. The van der Waals surface area contributed by atoms with Crippen LogP contribution in [0.15, 0.2) is 57.7 Å². The van der Waals surface area contributed by atoms with E-state index in [1.54, 1.807) is 6.21 Å². The minimum atomic E-state index is -0.0568. The molecule has 1 atom stereocenters. The molecule has 0 saturated carbocycles. The number of rotatable bonds is 7. The molecule has 4 rings (SSSR count). The van der Waals surface area contributed by atoms with Gasteiger partial charge in [0.15, 0.2) is 0 Å². The summed E-state index contributed by atoms with van der Waals surface area (Å²) in [4.78, 5) is 15.1. The van der Waals surface area contributed by atoms with E-state index in [4.69, 9.17) is 14.8 Å². The Morgan fingerprint density at radius 3 is 3.00 bits per heavy atom. The predicted octanol–water partition coefficient (Wildman–Crippen LogP) is 2.28. The summed E-state index contributed by atoms with van der Waals surface area (Å²) in [6, 6.07) is 8.12. The fourth-order valence-electron chi connectivity index (χ4n) is 3.57. The number of nitrogens with one attached hydrogen (secondary N) is 2. The summed E-state index contributed by atoms with van der Waals surface area (Å²) in [5, 5.41) is 14.6. The molecule has 8 nitrogen and oxygen atoms in total. The third kappa shape index (κ3) is 5.21. The van der Waals surface area contributed by atoms with E-state index in [0.717, 1.165) is 67.9 Å². The van der Waals surface area contributed by atoms with Gasteiger partial charge in [-0.15, -0.1) is 0 Å². The predicted molar refractivity (Wildman–Crippen MR) is 120 cm³/mol. The van der Waals surface area contributed by atoms with Gasteiger partial charge in [0.25, 0.3) is 0 Å². The van der Waals surface area contributed by atoms with Crippen LogP contribution in [0.4, 0.5) is 0 Å². The Kier molecular flexibility index (Phi) is 7.02. The molecule has 3 N–H and O–H groups in total. The average molecular weight is 409 g/mol. The van der Waals surface area contributed by atoms with Crippen molar-refractivity contribution in [2.24, 2.45) is 15.1 Å². The number of morpholine rings is 1. The first-order valence-corrected chi connectivity index (χ1v) is 10.4. The van der Waals surface area contributed by atoms with Crippen molar-refractivity contribution in [3.8, 4) is 0 Å². The highest BCUT2D eigenvalue weighted by atomic mass is 16.5. The average Bonchev–Trinajstić information content (AvgIpc) is 3.08. The van der Waals surface area contributed by atoms with Crippen LogP contribution in [0.2, 0.25) is 0 Å². The minimum Gasteiger partial charge on any atom is -0.396 e. The zero-order valence-corrected chi connectivity index (χ0v) is 17.0. The van der Waals surface area contributed by atoms with Gasteiger partial charge in [0.05, 0.1) is 19.4 Å². The number of hydrogen-bond donors (Lipinski definition) is 3. The number of aromatic nitrogens is 1. The van der Waals surface area contributed by atoms with Gasteiger partial charge in [-0.1, -0.05) is 18.2 Å². The van der Waals surface area contributed by atoms with E-state index in [2.05, 4.69) is 37.5 Å². The summed E-state index contributed by atoms with van der Waals surface area (Å²) < 4.78 is 5.46. The molecular formula is C22H28N6O2. The fraction of sp³-hybridized carbons (Fsp3) is 0.409. The van der Waals surface area contributed by atoms with Gasteiger partial charge in [-0.3, -0.25) is 10.3 Å². The summed E-state index contributed by atoms with van der Waals surface area (Å²) in [5.41, 5.74) is 5.15. The summed E-state index contributed by atoms with van der Waals surface area (Å²) in [6.07, 6.45) is 9.98. The Hall–Kier alpha value is -2.81. The summed E-state index contributed by atoms with van der Waals surface area (Å²) in [6.45, 7) is 3.33. The highest BCUT2D eigenvalue weighted by Gasteiger charge is 2.20. The fourth-order valence-corrected chi connectivity index (χ4v) is 3.57. The van der Waals surface area contributed by atoms with Crippen LogP contribution in [0.1, 0.15) is 24.8 Å². The third-order valence-electron chi connectivity index (χ3n) is 5.19. The molecule has 0 radical (unpaired) electrons. The summed E-state index contributed by atoms with van der Waals surface area (Å²) in [7, 11) is 0. The smallest absolute Gasteiger partial charge is 0.148 e. The van der Waals surface area contributed by atoms with Crippen molar-refractivity contribution in [1.82, 2.24) is 15.3 Å². The maximum Gasteiger partial charge on any atom is 0.148 e. The number of ether oxygens (including phenoxy) is 1. The lowest BCUT2D eigenvalue weighted by molar-refractivity contribution is 0.0271. The quantitative estimate of drug-likeness (QED) is 0.372. The van der Waals surface area contributed by atoms with Crippen molar-refractivity contribution in [3.63, 3.8) is 0 Å². The van der Waals surface area contributed by atoms with Crippen LogP contribution in [-0.2, 0) is 4.74 Å². The van der Waals surface area contributed by atoms with E-state index < -0.39 is 0 Å². The molecule has 30 heavy (non-hydrogen) atoms. The number of H-pyrrole nitrogens is 1. The van der Waals surface area contributed by atoms with Gasteiger partial charge in [-0.25, -0.2) is 9.98 Å². The number of para-hydroxylation sites is 1. The Bertz CT molecular complexity index is 955. The Labute approximate surface area is 176 Å². The van der Waals surface area contributed by atoms with E-state index in [-0.39, 0.29) is 12.8 Å². The lowest BCUT2D eigenvalue weighted by Crippen LogP contribution is -2.42. The molecule has 1 saturated heterocycles. The number of fused-ring (bicyclic) bond motifs is 1. The van der Waals surface area contributed by atoms with Crippen molar-refractivity contribution in [3.05, 3.63) is 48.2 Å². The molecular weight excluding hydrogens is 380 g/mol. The second-order valence-electron chi connectivity index (χ2n) is 7.30. The topological polar surface area (TPSA) is 97.6 Å². The number of hydrogen-bond acceptors (Lipinski definition) is 7. The number of unbranched alkanes of at least 4 members (excludes halogenated alkanes) is 1. The molecule has 0 aliphatic carbocycles. The lowest BCUT2D eigenvalue weighted by Gasteiger charge is -2.30. The number of aliphatic hydroxyl groups is 1. The van der Waals surface area contributed by atoms with Gasteiger partial charge in [0.1, 0.15) is 17.8 Å². The molecule has 0 amide bonds. The highest BCUT2D eigenvalue weighted by Crippen LogP contribution is 2.16. The van der Waals surface area contributed by atoms with Gasteiger partial charge in [0, 0.05) is 48.8 Å². The maximum absolute atomic E-state index is 9.10. The first-order valence-electron chi connectivity index (χ1n) is 10.4. The number of aromatic amines is 1. The van der Waals surface area contributed by atoms with Gasteiger partial charge in [-0.05, 0) is 31.1 Å². The first-order chi connectivity index (χ1) is 14.8.